The molecule has 0 heterocycles. The largest absolute Gasteiger partial charge is 0.344 e. The van der Waals surface area contributed by atoms with Gasteiger partial charge in [-0.25, -0.2) is 12.8 Å². The number of nitrogens with one attached hydrogen (secondary N) is 1. The molecule has 0 saturated carbocycles. The quantitative estimate of drug-likeness (QED) is 0.579. The third kappa shape index (κ3) is 6.23. The topological polar surface area (TPSA) is 66.5 Å². The normalized spacial score (nSPS) is 12.5. The summed E-state index contributed by atoms with van der Waals surface area (Å²) in [5, 5.41) is 2.94. The molecule has 31 heavy (non-hydrogen) atoms. The van der Waals surface area contributed by atoms with Gasteiger partial charge in [-0.2, -0.15) is 4.31 Å². The molecule has 7 heteroatoms. The molecule has 1 N–H and O–H groups in total. The molecule has 1 atom stereocenters. The Balaban J connectivity index is 1.84. The number of carbonyl (C=O) groups excluding carboxylic acids is 1. The van der Waals surface area contributed by atoms with Gasteiger partial charge in [0.15, 0.2) is 0 Å². The van der Waals surface area contributed by atoms with Crippen LogP contribution in [-0.2, 0) is 21.4 Å². The highest BCUT2D eigenvalue weighted by molar-refractivity contribution is 7.88. The summed E-state index contributed by atoms with van der Waals surface area (Å²) in [5.74, 6) is -0.990. The SMILES string of the molecule is Cc1cccc([C@H](NC(=O)CN(Cc2ccccc2F)S(C)(=O)=O)c2ccccc2)c1. The van der Waals surface area contributed by atoms with Crippen LogP contribution in [0.4, 0.5) is 4.39 Å². The van der Waals surface area contributed by atoms with Crippen LogP contribution in [0.2, 0.25) is 0 Å². The first-order valence-electron chi connectivity index (χ1n) is 9.83. The van der Waals surface area contributed by atoms with Crippen molar-refractivity contribution in [3.8, 4) is 0 Å². The molecule has 0 radical (unpaired) electrons. The number of carbonyl (C=O) groups is 1. The lowest BCUT2D eigenvalue weighted by molar-refractivity contribution is -0.121. The van der Waals surface area contributed by atoms with E-state index in [1.165, 1.54) is 18.2 Å². The maximum atomic E-state index is 14.0. The van der Waals surface area contributed by atoms with Gasteiger partial charge in [0.25, 0.3) is 0 Å². The van der Waals surface area contributed by atoms with Gasteiger partial charge in [-0.1, -0.05) is 78.4 Å². The van der Waals surface area contributed by atoms with E-state index in [1.54, 1.807) is 6.07 Å². The second-order valence-electron chi connectivity index (χ2n) is 7.45. The molecule has 0 aliphatic heterocycles. The summed E-state index contributed by atoms with van der Waals surface area (Å²) < 4.78 is 39.6. The van der Waals surface area contributed by atoms with E-state index in [9.17, 15) is 17.6 Å². The van der Waals surface area contributed by atoms with E-state index in [-0.39, 0.29) is 12.1 Å². The Labute approximate surface area is 182 Å². The molecule has 3 aromatic rings. The molecule has 0 unspecified atom stereocenters. The lowest BCUT2D eigenvalue weighted by Crippen LogP contribution is -2.41. The summed E-state index contributed by atoms with van der Waals surface area (Å²) in [6.07, 6.45) is 1.01. The van der Waals surface area contributed by atoms with Gasteiger partial charge in [0.05, 0.1) is 18.8 Å². The minimum Gasteiger partial charge on any atom is -0.344 e. The first-order chi connectivity index (χ1) is 14.7. The maximum absolute atomic E-state index is 14.0. The molecule has 3 rings (SSSR count). The van der Waals surface area contributed by atoms with Crippen LogP contribution in [0, 0.1) is 12.7 Å². The van der Waals surface area contributed by atoms with E-state index in [4.69, 9.17) is 0 Å². The van der Waals surface area contributed by atoms with Crippen molar-refractivity contribution in [3.05, 3.63) is 107 Å². The van der Waals surface area contributed by atoms with Crippen LogP contribution < -0.4 is 5.32 Å². The van der Waals surface area contributed by atoms with E-state index in [0.29, 0.717) is 0 Å². The Morgan fingerprint density at radius 3 is 2.26 bits per heavy atom. The number of rotatable bonds is 8. The van der Waals surface area contributed by atoms with Crippen LogP contribution in [0.5, 0.6) is 0 Å². The molecular weight excluding hydrogens is 415 g/mol. The number of sulfonamides is 1. The number of hydrogen-bond acceptors (Lipinski definition) is 3. The summed E-state index contributed by atoms with van der Waals surface area (Å²) in [6, 6.07) is 22.7. The summed E-state index contributed by atoms with van der Waals surface area (Å²) in [7, 11) is -3.74. The molecular formula is C24H25FN2O3S. The predicted molar refractivity (Wildman–Crippen MR) is 119 cm³/mol. The number of benzene rings is 3. The lowest BCUT2D eigenvalue weighted by atomic mass is 9.97. The van der Waals surface area contributed by atoms with Gasteiger partial charge in [0.2, 0.25) is 15.9 Å². The second-order valence-corrected chi connectivity index (χ2v) is 9.43. The third-order valence-electron chi connectivity index (χ3n) is 4.91. The van der Waals surface area contributed by atoms with Crippen molar-refractivity contribution in [2.75, 3.05) is 12.8 Å². The summed E-state index contributed by atoms with van der Waals surface area (Å²) in [5.41, 5.74) is 3.02. The van der Waals surface area contributed by atoms with E-state index in [2.05, 4.69) is 5.32 Å². The molecule has 0 aliphatic carbocycles. The van der Waals surface area contributed by atoms with Crippen LogP contribution in [0.3, 0.4) is 0 Å². The molecule has 0 spiro atoms. The van der Waals surface area contributed by atoms with Crippen molar-refractivity contribution in [3.63, 3.8) is 0 Å². The van der Waals surface area contributed by atoms with Crippen LogP contribution in [0.1, 0.15) is 28.3 Å². The Bertz CT molecular complexity index is 1150. The second kappa shape index (κ2) is 9.85. The van der Waals surface area contributed by atoms with Crippen LogP contribution >= 0.6 is 0 Å². The molecule has 5 nitrogen and oxygen atoms in total. The standard InChI is InChI=1S/C24H25FN2O3S/c1-18-9-8-13-20(15-18)24(19-10-4-3-5-11-19)26-23(28)17-27(31(2,29)30)16-21-12-6-7-14-22(21)25/h3-15,24H,16-17H2,1-2H3,(H,26,28)/t24-/m1/s1. The van der Waals surface area contributed by atoms with E-state index < -0.39 is 34.3 Å². The van der Waals surface area contributed by atoms with Gasteiger partial charge >= 0.3 is 0 Å². The average molecular weight is 441 g/mol. The summed E-state index contributed by atoms with van der Waals surface area (Å²) in [6.45, 7) is 1.33. The van der Waals surface area contributed by atoms with Gasteiger partial charge in [0.1, 0.15) is 5.82 Å². The summed E-state index contributed by atoms with van der Waals surface area (Å²) >= 11 is 0. The fourth-order valence-electron chi connectivity index (χ4n) is 3.33. The van der Waals surface area contributed by atoms with E-state index in [0.717, 1.165) is 27.3 Å². The zero-order valence-corrected chi connectivity index (χ0v) is 18.3. The minimum absolute atomic E-state index is 0.207. The number of amides is 1. The van der Waals surface area contributed by atoms with Crippen LogP contribution in [-0.4, -0.2) is 31.4 Å². The number of hydrogen-bond donors (Lipinski definition) is 1. The smallest absolute Gasteiger partial charge is 0.236 e. The predicted octanol–water partition coefficient (Wildman–Crippen LogP) is 3.80. The van der Waals surface area contributed by atoms with Crippen molar-refractivity contribution in [1.29, 1.82) is 0 Å². The average Bonchev–Trinajstić information content (AvgIpc) is 2.73. The molecule has 3 aromatic carbocycles. The summed E-state index contributed by atoms with van der Waals surface area (Å²) in [4.78, 5) is 12.9. The molecule has 162 valence electrons. The van der Waals surface area contributed by atoms with Gasteiger partial charge in [-0.15, -0.1) is 0 Å². The van der Waals surface area contributed by atoms with Crippen LogP contribution in [0.25, 0.3) is 0 Å². The van der Waals surface area contributed by atoms with Crippen LogP contribution in [0.15, 0.2) is 78.9 Å². The Kier molecular flexibility index (Phi) is 7.20. The highest BCUT2D eigenvalue weighted by Gasteiger charge is 2.24. The fourth-order valence-corrected chi connectivity index (χ4v) is 4.05. The van der Waals surface area contributed by atoms with E-state index in [1.807, 2.05) is 61.5 Å². The van der Waals surface area contributed by atoms with Gasteiger partial charge in [-0.3, -0.25) is 4.79 Å². The Hall–Kier alpha value is -3.03. The lowest BCUT2D eigenvalue weighted by Gasteiger charge is -2.24. The zero-order chi connectivity index (χ0) is 22.4. The van der Waals surface area contributed by atoms with Crippen molar-refractivity contribution < 1.29 is 17.6 Å². The molecule has 0 aromatic heterocycles. The molecule has 0 bridgehead atoms. The van der Waals surface area contributed by atoms with Crippen molar-refractivity contribution in [2.45, 2.75) is 19.5 Å². The molecule has 0 fully saturated rings. The van der Waals surface area contributed by atoms with Crippen molar-refractivity contribution in [1.82, 2.24) is 9.62 Å². The van der Waals surface area contributed by atoms with Gasteiger partial charge in [-0.05, 0) is 24.1 Å². The fraction of sp³-hybridized carbons (Fsp3) is 0.208. The molecule has 1 amide bonds. The van der Waals surface area contributed by atoms with Gasteiger partial charge in [0, 0.05) is 12.1 Å². The Morgan fingerprint density at radius 2 is 1.61 bits per heavy atom. The maximum Gasteiger partial charge on any atom is 0.236 e. The van der Waals surface area contributed by atoms with Crippen molar-refractivity contribution in [2.24, 2.45) is 0 Å². The number of nitrogens with zero attached hydrogens (tertiary/aromatic N) is 1. The molecule has 0 aliphatic rings. The van der Waals surface area contributed by atoms with E-state index >= 15 is 0 Å². The first kappa shape index (κ1) is 22.7. The first-order valence-corrected chi connectivity index (χ1v) is 11.7. The number of aryl methyl sites for hydroxylation is 1. The van der Waals surface area contributed by atoms with Gasteiger partial charge < -0.3 is 5.32 Å². The minimum atomic E-state index is -3.74. The monoisotopic (exact) mass is 440 g/mol. The third-order valence-corrected chi connectivity index (χ3v) is 6.10. The number of halogens is 1. The van der Waals surface area contributed by atoms with Crippen molar-refractivity contribution >= 4 is 15.9 Å². The zero-order valence-electron chi connectivity index (χ0n) is 17.5. The Morgan fingerprint density at radius 1 is 0.968 bits per heavy atom. The molecule has 0 saturated heterocycles. The highest BCUT2D eigenvalue weighted by Crippen LogP contribution is 2.23. The highest BCUT2D eigenvalue weighted by atomic mass is 32.2.